The fraction of sp³-hybridized carbons (Fsp3) is 0.258. The van der Waals surface area contributed by atoms with Crippen LogP contribution in [0.2, 0.25) is 0 Å². The van der Waals surface area contributed by atoms with Gasteiger partial charge in [-0.3, -0.25) is 9.78 Å². The molecule has 1 fully saturated rings. The fourth-order valence-electron chi connectivity index (χ4n) is 5.37. The summed E-state index contributed by atoms with van der Waals surface area (Å²) in [7, 11) is 1.60. The number of carbonyl (C=O) groups is 1. The molecule has 3 heterocycles. The van der Waals surface area contributed by atoms with Crippen LogP contribution in [-0.4, -0.2) is 27.7 Å². The lowest BCUT2D eigenvalue weighted by Crippen LogP contribution is -2.29. The summed E-state index contributed by atoms with van der Waals surface area (Å²) in [5, 5.41) is 7.06. The molecule has 39 heavy (non-hydrogen) atoms. The van der Waals surface area contributed by atoms with Gasteiger partial charge in [-0.05, 0) is 86.6 Å². The van der Waals surface area contributed by atoms with Crippen LogP contribution in [0.5, 0.6) is 5.75 Å². The van der Waals surface area contributed by atoms with Gasteiger partial charge in [-0.1, -0.05) is 25.1 Å². The van der Waals surface area contributed by atoms with Gasteiger partial charge in [0.2, 0.25) is 5.91 Å². The van der Waals surface area contributed by atoms with E-state index in [0.717, 1.165) is 34.0 Å². The number of carbonyl (C=O) groups excluding carboxylic acids is 1. The summed E-state index contributed by atoms with van der Waals surface area (Å²) in [5.41, 5.74) is 8.17. The number of nitrogens with one attached hydrogen (secondary N) is 2. The highest BCUT2D eigenvalue weighted by Gasteiger charge is 2.42. The number of aromatic nitrogens is 2. The van der Waals surface area contributed by atoms with Crippen LogP contribution in [0, 0.1) is 20.8 Å². The molecule has 0 saturated carbocycles. The van der Waals surface area contributed by atoms with Crippen LogP contribution in [0.25, 0.3) is 5.69 Å². The van der Waals surface area contributed by atoms with Crippen molar-refractivity contribution in [3.63, 3.8) is 0 Å². The smallest absolute Gasteiger partial charge is 0.224 e. The number of methoxy groups -OCH3 is 1. The molecule has 2 atom stereocenters. The Hall–Kier alpha value is -4.17. The van der Waals surface area contributed by atoms with E-state index in [0.29, 0.717) is 23.0 Å². The number of ether oxygens (including phenoxy) is 1. The Balaban J connectivity index is 1.65. The maximum Gasteiger partial charge on any atom is 0.224 e. The molecular formula is C31H33N5O2S. The lowest BCUT2D eigenvalue weighted by molar-refractivity contribution is -0.115. The summed E-state index contributed by atoms with van der Waals surface area (Å²) in [6.45, 7) is 8.22. The quantitative estimate of drug-likeness (QED) is 0.267. The van der Waals surface area contributed by atoms with Crippen LogP contribution < -0.4 is 20.3 Å². The monoisotopic (exact) mass is 539 g/mol. The molecule has 2 aromatic heterocycles. The van der Waals surface area contributed by atoms with Gasteiger partial charge in [0.05, 0.1) is 30.6 Å². The maximum absolute atomic E-state index is 12.1. The molecule has 7 nitrogen and oxygen atoms in total. The normalized spacial score (nSPS) is 16.7. The van der Waals surface area contributed by atoms with Crippen molar-refractivity contribution in [1.82, 2.24) is 14.9 Å². The van der Waals surface area contributed by atoms with Crippen LogP contribution >= 0.6 is 12.2 Å². The molecule has 0 bridgehead atoms. The number of hydrogen-bond donors (Lipinski definition) is 2. The van der Waals surface area contributed by atoms with Crippen molar-refractivity contribution in [2.45, 2.75) is 46.2 Å². The lowest BCUT2D eigenvalue weighted by Gasteiger charge is -2.29. The second-order valence-corrected chi connectivity index (χ2v) is 10.2. The van der Waals surface area contributed by atoms with Crippen molar-refractivity contribution < 1.29 is 9.53 Å². The van der Waals surface area contributed by atoms with Gasteiger partial charge in [-0.25, -0.2) is 0 Å². The molecule has 200 valence electrons. The van der Waals surface area contributed by atoms with E-state index in [1.807, 2.05) is 49.5 Å². The summed E-state index contributed by atoms with van der Waals surface area (Å²) in [6.07, 6.45) is 2.19. The number of thiocarbonyl (C=S) groups is 1. The first-order valence-corrected chi connectivity index (χ1v) is 13.5. The average molecular weight is 540 g/mol. The van der Waals surface area contributed by atoms with Crippen molar-refractivity contribution in [3.8, 4) is 11.4 Å². The first-order chi connectivity index (χ1) is 18.8. The predicted octanol–water partition coefficient (Wildman–Crippen LogP) is 6.33. The molecule has 1 aliphatic rings. The number of rotatable bonds is 7. The Morgan fingerprint density at radius 2 is 1.87 bits per heavy atom. The van der Waals surface area contributed by atoms with Gasteiger partial charge < -0.3 is 24.8 Å². The second kappa shape index (κ2) is 10.9. The molecule has 0 spiro atoms. The van der Waals surface area contributed by atoms with E-state index in [4.69, 9.17) is 17.0 Å². The molecule has 4 aromatic rings. The largest absolute Gasteiger partial charge is 0.494 e. The highest BCUT2D eigenvalue weighted by Crippen LogP contribution is 2.45. The number of nitrogens with zero attached hydrogens (tertiary/aromatic N) is 3. The zero-order chi connectivity index (χ0) is 27.7. The Morgan fingerprint density at radius 3 is 2.56 bits per heavy atom. The van der Waals surface area contributed by atoms with E-state index >= 15 is 0 Å². The van der Waals surface area contributed by atoms with E-state index in [9.17, 15) is 4.79 Å². The number of anilines is 2. The molecule has 0 unspecified atom stereocenters. The molecule has 2 aromatic carbocycles. The Labute approximate surface area is 234 Å². The molecule has 1 aliphatic heterocycles. The molecule has 2 N–H and O–H groups in total. The SMILES string of the molecule is CCC(=O)Nc1ccc(N2C(=S)N[C@H](c3ccccn3)[C@H]2c2cc(C)n(-c3cccc(C)c3)c2C)cc1OC. The van der Waals surface area contributed by atoms with Gasteiger partial charge in [-0.15, -0.1) is 0 Å². The molecule has 1 amide bonds. The number of amides is 1. The van der Waals surface area contributed by atoms with Crippen molar-refractivity contribution >= 4 is 34.6 Å². The third-order valence-corrected chi connectivity index (χ3v) is 7.52. The Kier molecular flexibility index (Phi) is 7.39. The highest BCUT2D eigenvalue weighted by atomic mass is 32.1. The third-order valence-electron chi connectivity index (χ3n) is 7.21. The van der Waals surface area contributed by atoms with Crippen molar-refractivity contribution in [3.05, 3.63) is 101 Å². The zero-order valence-electron chi connectivity index (χ0n) is 22.9. The second-order valence-electron chi connectivity index (χ2n) is 9.78. The molecule has 0 radical (unpaired) electrons. The van der Waals surface area contributed by atoms with Crippen molar-refractivity contribution in [2.75, 3.05) is 17.3 Å². The van der Waals surface area contributed by atoms with E-state index in [1.165, 1.54) is 5.56 Å². The zero-order valence-corrected chi connectivity index (χ0v) is 23.7. The topological polar surface area (TPSA) is 71.4 Å². The van der Waals surface area contributed by atoms with Gasteiger partial charge in [0.1, 0.15) is 5.75 Å². The summed E-state index contributed by atoms with van der Waals surface area (Å²) < 4.78 is 7.97. The number of hydrogen-bond acceptors (Lipinski definition) is 4. The van der Waals surface area contributed by atoms with Crippen LogP contribution in [0.15, 0.2) is 72.9 Å². The molecule has 8 heteroatoms. The van der Waals surface area contributed by atoms with Gasteiger partial charge in [0.15, 0.2) is 5.11 Å². The number of pyridine rings is 1. The minimum atomic E-state index is -0.171. The van der Waals surface area contributed by atoms with Gasteiger partial charge in [-0.2, -0.15) is 0 Å². The maximum atomic E-state index is 12.1. The number of benzene rings is 2. The summed E-state index contributed by atoms with van der Waals surface area (Å²) in [5.74, 6) is 0.499. The standard InChI is InChI=1S/C31H33N5O2S/c1-6-28(37)33-25-14-13-23(18-27(25)38-5)36-30(29(34-31(36)39)26-12-7-8-15-32-26)24-17-20(3)35(21(24)4)22-11-9-10-19(2)16-22/h7-18,29-30H,6H2,1-5H3,(H,33,37)(H,34,39)/t29-,30-/m1/s1. The highest BCUT2D eigenvalue weighted by molar-refractivity contribution is 7.80. The van der Waals surface area contributed by atoms with Crippen molar-refractivity contribution in [2.24, 2.45) is 0 Å². The fourth-order valence-corrected chi connectivity index (χ4v) is 5.72. The minimum absolute atomic E-state index is 0.0731. The van der Waals surface area contributed by atoms with E-state index in [2.05, 4.69) is 76.2 Å². The van der Waals surface area contributed by atoms with Crippen molar-refractivity contribution in [1.29, 1.82) is 0 Å². The van der Waals surface area contributed by atoms with E-state index < -0.39 is 0 Å². The average Bonchev–Trinajstić information content (AvgIpc) is 3.43. The molecule has 5 rings (SSSR count). The predicted molar refractivity (Wildman–Crippen MR) is 160 cm³/mol. The first kappa shape index (κ1) is 26.4. The summed E-state index contributed by atoms with van der Waals surface area (Å²) in [4.78, 5) is 18.9. The summed E-state index contributed by atoms with van der Waals surface area (Å²) in [6, 6.07) is 22.1. The third kappa shape index (κ3) is 5.00. The van der Waals surface area contributed by atoms with Crippen LogP contribution in [-0.2, 0) is 4.79 Å². The van der Waals surface area contributed by atoms with Crippen LogP contribution in [0.1, 0.15) is 53.6 Å². The Morgan fingerprint density at radius 1 is 1.05 bits per heavy atom. The summed E-state index contributed by atoms with van der Waals surface area (Å²) >= 11 is 5.94. The number of aryl methyl sites for hydroxylation is 2. The van der Waals surface area contributed by atoms with Crippen LogP contribution in [0.3, 0.4) is 0 Å². The van der Waals surface area contributed by atoms with Gasteiger partial charge in [0, 0.05) is 41.4 Å². The Bertz CT molecular complexity index is 1530. The molecular weight excluding hydrogens is 506 g/mol. The van der Waals surface area contributed by atoms with Gasteiger partial charge in [0.25, 0.3) is 0 Å². The van der Waals surface area contributed by atoms with Gasteiger partial charge >= 0.3 is 0 Å². The van der Waals surface area contributed by atoms with Crippen LogP contribution in [0.4, 0.5) is 11.4 Å². The molecule has 1 saturated heterocycles. The first-order valence-electron chi connectivity index (χ1n) is 13.1. The van der Waals surface area contributed by atoms with E-state index in [1.54, 1.807) is 7.11 Å². The lowest BCUT2D eigenvalue weighted by atomic mass is 9.96. The molecule has 0 aliphatic carbocycles. The minimum Gasteiger partial charge on any atom is -0.494 e. The van der Waals surface area contributed by atoms with E-state index in [-0.39, 0.29) is 18.0 Å².